The Bertz CT molecular complexity index is 891. The van der Waals surface area contributed by atoms with Gasteiger partial charge in [0.15, 0.2) is 0 Å². The van der Waals surface area contributed by atoms with Gasteiger partial charge in [-0.2, -0.15) is 5.10 Å². The maximum Gasteiger partial charge on any atom is 0.224 e. The number of hydrogen-bond donors (Lipinski definition) is 0. The molecule has 4 rings (SSSR count). The van der Waals surface area contributed by atoms with Gasteiger partial charge in [0, 0.05) is 68.1 Å². The molecular weight excluding hydrogens is 364 g/mol. The molecule has 0 radical (unpaired) electrons. The smallest absolute Gasteiger partial charge is 0.224 e. The lowest BCUT2D eigenvalue weighted by Gasteiger charge is -2.33. The number of nitrogens with zero attached hydrogens (tertiary/aromatic N) is 6. The average Bonchev–Trinajstić information content (AvgIpc) is 3.05. The average molecular weight is 397 g/mol. The summed E-state index contributed by atoms with van der Waals surface area (Å²) < 4.78 is 1.97. The van der Waals surface area contributed by atoms with Gasteiger partial charge in [-0.25, -0.2) is 9.97 Å². The zero-order valence-electron chi connectivity index (χ0n) is 18.1. The molecule has 0 bridgehead atoms. The number of carbonyl (C=O) groups is 1. The lowest BCUT2D eigenvalue weighted by Crippen LogP contribution is -2.40. The number of hydrogen-bond acceptors (Lipinski definition) is 5. The lowest BCUT2D eigenvalue weighted by atomic mass is 9.96. The summed E-state index contributed by atoms with van der Waals surface area (Å²) in [5, 5.41) is 4.54. The highest BCUT2D eigenvalue weighted by Gasteiger charge is 2.28. The Morgan fingerprint density at radius 3 is 2.90 bits per heavy atom. The van der Waals surface area contributed by atoms with Crippen molar-refractivity contribution in [3.8, 4) is 0 Å². The number of rotatable bonds is 4. The molecule has 156 valence electrons. The van der Waals surface area contributed by atoms with Crippen LogP contribution in [0.25, 0.3) is 0 Å². The van der Waals surface area contributed by atoms with Crippen LogP contribution in [0.4, 0.5) is 0 Å². The second kappa shape index (κ2) is 8.22. The van der Waals surface area contributed by atoms with Crippen LogP contribution in [-0.2, 0) is 17.8 Å². The molecule has 7 heteroatoms. The predicted octanol–water partition coefficient (Wildman–Crippen LogP) is 2.64. The van der Waals surface area contributed by atoms with Gasteiger partial charge < -0.3 is 9.80 Å². The van der Waals surface area contributed by atoms with Gasteiger partial charge in [0.2, 0.25) is 5.91 Å². The topological polar surface area (TPSA) is 67.2 Å². The molecule has 1 saturated heterocycles. The van der Waals surface area contributed by atoms with Crippen molar-refractivity contribution >= 4 is 5.91 Å². The van der Waals surface area contributed by atoms with Crippen molar-refractivity contribution in [1.29, 1.82) is 0 Å². The monoisotopic (exact) mass is 396 g/mol. The highest BCUT2D eigenvalue weighted by atomic mass is 16.2. The molecule has 2 aliphatic heterocycles. The van der Waals surface area contributed by atoms with E-state index in [1.807, 2.05) is 29.6 Å². The quantitative estimate of drug-likeness (QED) is 0.795. The molecule has 0 N–H and O–H groups in total. The van der Waals surface area contributed by atoms with E-state index < -0.39 is 0 Å². The molecule has 2 atom stereocenters. The summed E-state index contributed by atoms with van der Waals surface area (Å²) in [4.78, 5) is 26.9. The molecule has 1 amide bonds. The Labute approximate surface area is 173 Å². The van der Waals surface area contributed by atoms with Crippen molar-refractivity contribution in [3.05, 3.63) is 40.7 Å². The number of aromatic nitrogens is 4. The summed E-state index contributed by atoms with van der Waals surface area (Å²) in [6.45, 7) is 9.63. The Morgan fingerprint density at radius 2 is 2.14 bits per heavy atom. The van der Waals surface area contributed by atoms with E-state index >= 15 is 0 Å². The zero-order chi connectivity index (χ0) is 20.5. The molecule has 0 aromatic carbocycles. The van der Waals surface area contributed by atoms with Crippen LogP contribution in [0.2, 0.25) is 0 Å². The maximum atomic E-state index is 13.0. The SMILES string of the molecule is Cc1cc(C)n([C@@H](C)CC(=O)N2CCC[C@H](c3ncc4c(n3)CCN(C)C4)C2)n1. The molecule has 29 heavy (non-hydrogen) atoms. The van der Waals surface area contributed by atoms with E-state index in [9.17, 15) is 4.79 Å². The van der Waals surface area contributed by atoms with Crippen LogP contribution in [-0.4, -0.2) is 62.1 Å². The first-order valence-electron chi connectivity index (χ1n) is 10.7. The van der Waals surface area contributed by atoms with Gasteiger partial charge in [0.1, 0.15) is 5.82 Å². The van der Waals surface area contributed by atoms with Crippen LogP contribution in [0.3, 0.4) is 0 Å². The van der Waals surface area contributed by atoms with Crippen molar-refractivity contribution in [2.75, 3.05) is 26.7 Å². The molecule has 0 saturated carbocycles. The Morgan fingerprint density at radius 1 is 1.31 bits per heavy atom. The van der Waals surface area contributed by atoms with Crippen LogP contribution in [0.5, 0.6) is 0 Å². The van der Waals surface area contributed by atoms with E-state index in [4.69, 9.17) is 4.98 Å². The number of piperidine rings is 1. The Kier molecular flexibility index (Phi) is 5.67. The largest absolute Gasteiger partial charge is 0.342 e. The summed E-state index contributed by atoms with van der Waals surface area (Å²) in [5.41, 5.74) is 4.53. The first-order valence-corrected chi connectivity index (χ1v) is 10.7. The fourth-order valence-corrected chi connectivity index (χ4v) is 4.64. The highest BCUT2D eigenvalue weighted by Crippen LogP contribution is 2.27. The van der Waals surface area contributed by atoms with E-state index in [1.54, 1.807) is 0 Å². The molecule has 4 heterocycles. The molecule has 2 aliphatic rings. The minimum absolute atomic E-state index is 0.0635. The van der Waals surface area contributed by atoms with Crippen LogP contribution in [0, 0.1) is 13.8 Å². The van der Waals surface area contributed by atoms with E-state index in [1.165, 1.54) is 11.3 Å². The number of aryl methyl sites for hydroxylation is 2. The first-order chi connectivity index (χ1) is 13.9. The van der Waals surface area contributed by atoms with Gasteiger partial charge >= 0.3 is 0 Å². The number of carbonyl (C=O) groups excluding carboxylic acids is 1. The first kappa shape index (κ1) is 20.0. The summed E-state index contributed by atoms with van der Waals surface area (Å²) in [5.74, 6) is 1.35. The molecule has 0 unspecified atom stereocenters. The third-order valence-corrected chi connectivity index (χ3v) is 6.21. The van der Waals surface area contributed by atoms with Gasteiger partial charge in [-0.05, 0) is 46.7 Å². The third kappa shape index (κ3) is 4.34. The molecule has 2 aromatic rings. The predicted molar refractivity (Wildman–Crippen MR) is 112 cm³/mol. The third-order valence-electron chi connectivity index (χ3n) is 6.21. The van der Waals surface area contributed by atoms with Crippen molar-refractivity contribution in [1.82, 2.24) is 29.5 Å². The fourth-order valence-electron chi connectivity index (χ4n) is 4.64. The van der Waals surface area contributed by atoms with E-state index in [2.05, 4.69) is 35.0 Å². The lowest BCUT2D eigenvalue weighted by molar-refractivity contribution is -0.133. The van der Waals surface area contributed by atoms with Crippen molar-refractivity contribution < 1.29 is 4.79 Å². The van der Waals surface area contributed by atoms with Crippen LogP contribution in [0.15, 0.2) is 12.3 Å². The molecule has 0 spiro atoms. The van der Waals surface area contributed by atoms with Gasteiger partial charge in [-0.1, -0.05) is 0 Å². The number of likely N-dealkylation sites (tertiary alicyclic amines) is 1. The van der Waals surface area contributed by atoms with Gasteiger partial charge in [-0.3, -0.25) is 9.48 Å². The van der Waals surface area contributed by atoms with Gasteiger partial charge in [0.05, 0.1) is 11.7 Å². The number of likely N-dealkylation sites (N-methyl/N-ethyl adjacent to an activating group) is 1. The normalized spacial score (nSPS) is 21.1. The Hall–Kier alpha value is -2.28. The molecule has 0 aliphatic carbocycles. The van der Waals surface area contributed by atoms with Gasteiger partial charge in [-0.15, -0.1) is 0 Å². The summed E-state index contributed by atoms with van der Waals surface area (Å²) >= 11 is 0. The summed E-state index contributed by atoms with van der Waals surface area (Å²) in [6, 6.07) is 2.12. The minimum atomic E-state index is 0.0635. The Balaban J connectivity index is 1.41. The second-order valence-electron chi connectivity index (χ2n) is 8.79. The minimum Gasteiger partial charge on any atom is -0.342 e. The highest BCUT2D eigenvalue weighted by molar-refractivity contribution is 5.76. The second-order valence-corrected chi connectivity index (χ2v) is 8.79. The number of fused-ring (bicyclic) bond motifs is 1. The molecule has 7 nitrogen and oxygen atoms in total. The standard InChI is InChI=1S/C22H32N6O/c1-15-10-16(2)28(25-15)17(3)11-21(29)27-8-5-6-18(14-27)22-23-12-19-13-26(4)9-7-20(19)24-22/h10,12,17-18H,5-9,11,13-14H2,1-4H3/t17-,18-/m0/s1. The van der Waals surface area contributed by atoms with E-state index in [-0.39, 0.29) is 17.9 Å². The molecule has 1 fully saturated rings. The number of amides is 1. The summed E-state index contributed by atoms with van der Waals surface area (Å²) in [6.07, 6.45) is 5.52. The van der Waals surface area contributed by atoms with Crippen molar-refractivity contribution in [2.45, 2.75) is 65.0 Å². The van der Waals surface area contributed by atoms with E-state index in [0.717, 1.165) is 62.7 Å². The zero-order valence-corrected chi connectivity index (χ0v) is 18.1. The van der Waals surface area contributed by atoms with Crippen LogP contribution < -0.4 is 0 Å². The fraction of sp³-hybridized carbons (Fsp3) is 0.636. The molecule has 2 aromatic heterocycles. The van der Waals surface area contributed by atoms with E-state index in [0.29, 0.717) is 6.42 Å². The van der Waals surface area contributed by atoms with Crippen molar-refractivity contribution in [3.63, 3.8) is 0 Å². The van der Waals surface area contributed by atoms with Crippen LogP contribution in [0.1, 0.15) is 66.6 Å². The van der Waals surface area contributed by atoms with Gasteiger partial charge in [0.25, 0.3) is 0 Å². The summed E-state index contributed by atoms with van der Waals surface area (Å²) in [7, 11) is 2.13. The maximum absolute atomic E-state index is 13.0. The van der Waals surface area contributed by atoms with Crippen LogP contribution >= 0.6 is 0 Å². The molecular formula is C22H32N6O. The van der Waals surface area contributed by atoms with Crippen molar-refractivity contribution in [2.24, 2.45) is 0 Å².